The van der Waals surface area contributed by atoms with Crippen molar-refractivity contribution < 1.29 is 14.4 Å². The molecule has 3 rings (SSSR count). The van der Waals surface area contributed by atoms with Crippen LogP contribution in [0.1, 0.15) is 18.9 Å². The van der Waals surface area contributed by atoms with E-state index in [1.165, 1.54) is 17.6 Å². The molecule has 1 amide bonds. The number of hydrogen-bond acceptors (Lipinski definition) is 4. The smallest absolute Gasteiger partial charge is 0.247 e. The summed E-state index contributed by atoms with van der Waals surface area (Å²) in [5, 5.41) is 1.38. The summed E-state index contributed by atoms with van der Waals surface area (Å²) in [7, 11) is 1.76. The monoisotopic (exact) mass is 382 g/mol. The van der Waals surface area contributed by atoms with E-state index in [4.69, 9.17) is 9.57 Å². The number of piperidine rings is 1. The lowest BCUT2D eigenvalue weighted by Crippen LogP contribution is -2.47. The maximum absolute atomic E-state index is 12.0. The molecular formula is C23H30N2O3. The number of carbonyl (C=O) groups is 1. The molecule has 150 valence electrons. The van der Waals surface area contributed by atoms with Gasteiger partial charge in [0.1, 0.15) is 0 Å². The summed E-state index contributed by atoms with van der Waals surface area (Å²) in [5.41, 5.74) is 2.12. The van der Waals surface area contributed by atoms with Gasteiger partial charge in [-0.1, -0.05) is 48.5 Å². The molecule has 1 aliphatic rings. The Morgan fingerprint density at radius 2 is 1.79 bits per heavy atom. The van der Waals surface area contributed by atoms with Gasteiger partial charge in [0, 0.05) is 33.0 Å². The van der Waals surface area contributed by atoms with E-state index < -0.39 is 0 Å². The van der Waals surface area contributed by atoms with Gasteiger partial charge in [0.15, 0.2) is 0 Å². The number of anilines is 1. The topological polar surface area (TPSA) is 42.0 Å². The Hall–Kier alpha value is -2.21. The van der Waals surface area contributed by atoms with Crippen LogP contribution in [0.4, 0.5) is 5.69 Å². The van der Waals surface area contributed by atoms with E-state index in [9.17, 15) is 4.79 Å². The molecule has 0 aromatic heterocycles. The van der Waals surface area contributed by atoms with Crippen molar-refractivity contribution in [3.63, 3.8) is 0 Å². The minimum Gasteiger partial charge on any atom is -0.380 e. The highest BCUT2D eigenvalue weighted by atomic mass is 16.7. The maximum Gasteiger partial charge on any atom is 0.247 e. The van der Waals surface area contributed by atoms with Gasteiger partial charge in [-0.25, -0.2) is 0 Å². The average Bonchev–Trinajstić information content (AvgIpc) is 2.74. The zero-order valence-electron chi connectivity index (χ0n) is 16.8. The van der Waals surface area contributed by atoms with E-state index in [0.717, 1.165) is 38.2 Å². The predicted molar refractivity (Wildman–Crippen MR) is 111 cm³/mol. The lowest BCUT2D eigenvalue weighted by Gasteiger charge is -2.38. The van der Waals surface area contributed by atoms with Crippen molar-refractivity contribution in [1.82, 2.24) is 4.90 Å². The van der Waals surface area contributed by atoms with E-state index in [2.05, 4.69) is 35.2 Å². The van der Waals surface area contributed by atoms with Crippen LogP contribution in [0, 0.1) is 5.92 Å². The normalized spacial score (nSPS) is 20.1. The van der Waals surface area contributed by atoms with Gasteiger partial charge < -0.3 is 9.64 Å². The van der Waals surface area contributed by atoms with Crippen LogP contribution in [0.5, 0.6) is 0 Å². The van der Waals surface area contributed by atoms with E-state index in [0.29, 0.717) is 6.61 Å². The number of ether oxygens (including phenoxy) is 1. The van der Waals surface area contributed by atoms with E-state index in [1.54, 1.807) is 7.11 Å². The molecule has 2 aromatic carbocycles. The Kier molecular flexibility index (Phi) is 7.60. The van der Waals surface area contributed by atoms with Gasteiger partial charge in [-0.15, -0.1) is 0 Å². The van der Waals surface area contributed by atoms with Crippen LogP contribution < -0.4 is 5.06 Å². The van der Waals surface area contributed by atoms with Gasteiger partial charge in [0.05, 0.1) is 18.4 Å². The van der Waals surface area contributed by atoms with Crippen LogP contribution in [-0.4, -0.2) is 50.3 Å². The summed E-state index contributed by atoms with van der Waals surface area (Å²) >= 11 is 0. The van der Waals surface area contributed by atoms with Crippen LogP contribution in [0.15, 0.2) is 60.7 Å². The fourth-order valence-corrected chi connectivity index (χ4v) is 3.70. The molecule has 2 atom stereocenters. The molecule has 5 nitrogen and oxygen atoms in total. The first-order chi connectivity index (χ1) is 13.7. The molecule has 0 radical (unpaired) electrons. The molecule has 2 unspecified atom stereocenters. The summed E-state index contributed by atoms with van der Waals surface area (Å²) in [5.74, 6) is 0.143. The van der Waals surface area contributed by atoms with Crippen molar-refractivity contribution in [2.75, 3.05) is 38.4 Å². The molecule has 1 aliphatic heterocycles. The molecule has 1 saturated heterocycles. The lowest BCUT2D eigenvalue weighted by atomic mass is 9.94. The first kappa shape index (κ1) is 20.5. The molecule has 1 heterocycles. The number of likely N-dealkylation sites (tertiary alicyclic amines) is 1. The fourth-order valence-electron chi connectivity index (χ4n) is 3.70. The quantitative estimate of drug-likeness (QED) is 0.655. The number of hydroxylamine groups is 1. The Morgan fingerprint density at radius 3 is 2.43 bits per heavy atom. The molecule has 2 aromatic rings. The summed E-state index contributed by atoms with van der Waals surface area (Å²) in [6, 6.07) is 20.1. The number of nitrogens with zero attached hydrogens (tertiary/aromatic N) is 2. The second kappa shape index (κ2) is 10.4. The molecular weight excluding hydrogens is 352 g/mol. The number of carbonyl (C=O) groups excluding carboxylic acids is 1. The number of hydrogen-bond donors (Lipinski definition) is 0. The third kappa shape index (κ3) is 5.64. The van der Waals surface area contributed by atoms with Crippen molar-refractivity contribution >= 4 is 11.6 Å². The van der Waals surface area contributed by atoms with Gasteiger partial charge in [0.25, 0.3) is 0 Å². The van der Waals surface area contributed by atoms with Gasteiger partial charge in [-0.2, -0.15) is 5.06 Å². The lowest BCUT2D eigenvalue weighted by molar-refractivity contribution is -0.126. The van der Waals surface area contributed by atoms with Crippen LogP contribution in [0.3, 0.4) is 0 Å². The molecule has 0 spiro atoms. The number of rotatable bonds is 8. The minimum atomic E-state index is -0.125. The number of amides is 1. The first-order valence-electron chi connectivity index (χ1n) is 9.95. The molecule has 0 saturated carbocycles. The predicted octanol–water partition coefficient (Wildman–Crippen LogP) is 3.55. The Morgan fingerprint density at radius 1 is 1.11 bits per heavy atom. The molecule has 28 heavy (non-hydrogen) atoms. The molecule has 0 N–H and O–H groups in total. The number of para-hydroxylation sites is 1. The summed E-state index contributed by atoms with van der Waals surface area (Å²) in [4.78, 5) is 20.4. The SMILES string of the molecule is COC1CN(CCc2ccccc2)CCC1CON(C(C)=O)c1ccccc1. The maximum atomic E-state index is 12.0. The molecule has 0 bridgehead atoms. The van der Waals surface area contributed by atoms with E-state index in [1.807, 2.05) is 30.3 Å². The molecule has 5 heteroatoms. The van der Waals surface area contributed by atoms with Gasteiger partial charge in [-0.3, -0.25) is 9.63 Å². The standard InChI is InChI=1S/C23H30N2O3/c1-19(26)25(22-11-7-4-8-12-22)28-18-21-14-16-24(17-23(21)27-2)15-13-20-9-5-3-6-10-20/h3-12,21,23H,13-18H2,1-2H3. The number of methoxy groups -OCH3 is 1. The molecule has 0 aliphatic carbocycles. The van der Waals surface area contributed by atoms with Gasteiger partial charge >= 0.3 is 0 Å². The Bertz CT molecular complexity index is 723. The van der Waals surface area contributed by atoms with Crippen LogP contribution in [0.2, 0.25) is 0 Å². The zero-order valence-corrected chi connectivity index (χ0v) is 16.8. The fraction of sp³-hybridized carbons (Fsp3) is 0.435. The minimum absolute atomic E-state index is 0.106. The number of benzene rings is 2. The van der Waals surface area contributed by atoms with E-state index in [-0.39, 0.29) is 17.9 Å². The van der Waals surface area contributed by atoms with Crippen molar-refractivity contribution in [1.29, 1.82) is 0 Å². The van der Waals surface area contributed by atoms with Crippen LogP contribution in [-0.2, 0) is 20.8 Å². The summed E-state index contributed by atoms with van der Waals surface area (Å²) in [6.45, 7) is 4.93. The van der Waals surface area contributed by atoms with Crippen molar-refractivity contribution in [2.45, 2.75) is 25.9 Å². The van der Waals surface area contributed by atoms with Crippen molar-refractivity contribution in [3.05, 3.63) is 66.2 Å². The van der Waals surface area contributed by atoms with Crippen molar-refractivity contribution in [2.24, 2.45) is 5.92 Å². The first-order valence-corrected chi connectivity index (χ1v) is 9.95. The largest absolute Gasteiger partial charge is 0.380 e. The molecule has 1 fully saturated rings. The van der Waals surface area contributed by atoms with E-state index >= 15 is 0 Å². The van der Waals surface area contributed by atoms with Gasteiger partial charge in [-0.05, 0) is 37.1 Å². The summed E-state index contributed by atoms with van der Waals surface area (Å²) in [6.07, 6.45) is 2.15. The van der Waals surface area contributed by atoms with Crippen molar-refractivity contribution in [3.8, 4) is 0 Å². The Balaban J connectivity index is 1.51. The van der Waals surface area contributed by atoms with Crippen LogP contribution >= 0.6 is 0 Å². The second-order valence-electron chi connectivity index (χ2n) is 7.30. The highest BCUT2D eigenvalue weighted by Crippen LogP contribution is 2.23. The summed E-state index contributed by atoms with van der Waals surface area (Å²) < 4.78 is 5.76. The third-order valence-electron chi connectivity index (χ3n) is 5.34. The van der Waals surface area contributed by atoms with Crippen LogP contribution in [0.25, 0.3) is 0 Å². The zero-order chi connectivity index (χ0) is 19.8. The highest BCUT2D eigenvalue weighted by Gasteiger charge is 2.30. The second-order valence-corrected chi connectivity index (χ2v) is 7.30. The Labute approximate surface area is 167 Å². The average molecular weight is 383 g/mol. The highest BCUT2D eigenvalue weighted by molar-refractivity contribution is 5.89. The third-order valence-corrected chi connectivity index (χ3v) is 5.34. The van der Waals surface area contributed by atoms with Gasteiger partial charge in [0.2, 0.25) is 5.91 Å².